The van der Waals surface area contributed by atoms with Crippen LogP contribution in [0.1, 0.15) is 0 Å². The monoisotopic (exact) mass is 171 g/mol. The first kappa shape index (κ1) is 8.14. The van der Waals surface area contributed by atoms with Crippen molar-refractivity contribution >= 4 is 13.9 Å². The van der Waals surface area contributed by atoms with Crippen molar-refractivity contribution in [1.82, 2.24) is 0 Å². The van der Waals surface area contributed by atoms with E-state index in [1.807, 2.05) is 6.07 Å². The summed E-state index contributed by atoms with van der Waals surface area (Å²) in [5, 5.41) is 0. The van der Waals surface area contributed by atoms with Gasteiger partial charge in [0.05, 0.1) is 5.69 Å². The van der Waals surface area contributed by atoms with Crippen molar-refractivity contribution in [2.45, 2.75) is 0 Å². The zero-order valence-corrected chi connectivity index (χ0v) is 6.61. The van der Waals surface area contributed by atoms with E-state index in [1.54, 1.807) is 24.3 Å². The van der Waals surface area contributed by atoms with Gasteiger partial charge in [0, 0.05) is 0 Å². The Hall–Kier alpha value is -0.960. The number of benzene rings is 1. The molecule has 11 heavy (non-hydrogen) atoms. The maximum atomic E-state index is 10.4. The molecule has 3 N–H and O–H groups in total. The molecule has 0 saturated carbocycles. The standard InChI is InChI=1S/C6H8N2O2P/c7-8(11(9)10)6-4-2-1-3-5-6/h1-5H,7H2,(H,9,10). The molecule has 59 valence electrons. The number of nitrogens with two attached hydrogens (primary N) is 1. The van der Waals surface area contributed by atoms with E-state index < -0.39 is 8.18 Å². The molecule has 0 aliphatic carbocycles. The van der Waals surface area contributed by atoms with Gasteiger partial charge in [-0.15, -0.1) is 0 Å². The van der Waals surface area contributed by atoms with E-state index in [-0.39, 0.29) is 0 Å². The Morgan fingerprint density at radius 1 is 1.36 bits per heavy atom. The molecule has 1 rings (SSSR count). The van der Waals surface area contributed by atoms with Crippen LogP contribution in [-0.4, -0.2) is 4.89 Å². The number of anilines is 1. The molecule has 0 amide bonds. The van der Waals surface area contributed by atoms with Crippen LogP contribution < -0.4 is 10.6 Å². The minimum absolute atomic E-state index is 0.524. The van der Waals surface area contributed by atoms with Crippen LogP contribution in [0, 0.1) is 0 Å². The summed E-state index contributed by atoms with van der Waals surface area (Å²) in [7, 11) is -2.48. The second kappa shape index (κ2) is 3.44. The summed E-state index contributed by atoms with van der Waals surface area (Å²) in [4.78, 5) is 8.58. The van der Waals surface area contributed by atoms with Crippen molar-refractivity contribution in [2.75, 3.05) is 4.78 Å². The molecule has 1 aromatic rings. The third-order valence-electron chi connectivity index (χ3n) is 1.21. The molecule has 1 radical (unpaired) electrons. The first-order valence-corrected chi connectivity index (χ1v) is 4.14. The van der Waals surface area contributed by atoms with E-state index in [9.17, 15) is 4.57 Å². The Bertz CT molecular complexity index is 252. The lowest BCUT2D eigenvalue weighted by Crippen LogP contribution is -2.21. The molecule has 1 unspecified atom stereocenters. The molecular formula is C6H8N2O2P. The molecule has 1 atom stereocenters. The van der Waals surface area contributed by atoms with Crippen LogP contribution in [0.3, 0.4) is 0 Å². The zero-order valence-electron chi connectivity index (χ0n) is 5.71. The fraction of sp³-hybridized carbons (Fsp3) is 0. The predicted octanol–water partition coefficient (Wildman–Crippen LogP) is 1.02. The van der Waals surface area contributed by atoms with Crippen molar-refractivity contribution in [2.24, 2.45) is 5.84 Å². The quantitative estimate of drug-likeness (QED) is 0.396. The fourth-order valence-corrected chi connectivity index (χ4v) is 1.01. The predicted molar refractivity (Wildman–Crippen MR) is 42.9 cm³/mol. The van der Waals surface area contributed by atoms with Crippen LogP contribution in [0.4, 0.5) is 5.69 Å². The van der Waals surface area contributed by atoms with E-state index in [1.165, 1.54) is 0 Å². The van der Waals surface area contributed by atoms with Gasteiger partial charge in [-0.2, -0.15) is 0 Å². The van der Waals surface area contributed by atoms with Crippen LogP contribution >= 0.6 is 8.18 Å². The summed E-state index contributed by atoms with van der Waals surface area (Å²) < 4.78 is 11.3. The normalized spacial score (nSPS) is 10.9. The van der Waals surface area contributed by atoms with Gasteiger partial charge in [-0.1, -0.05) is 18.2 Å². The first-order valence-electron chi connectivity index (χ1n) is 2.98. The molecule has 0 heterocycles. The molecule has 4 nitrogen and oxygen atoms in total. The molecule has 0 aliphatic rings. The maximum Gasteiger partial charge on any atom is 0.339 e. The van der Waals surface area contributed by atoms with Crippen LogP contribution in [0.2, 0.25) is 0 Å². The van der Waals surface area contributed by atoms with Gasteiger partial charge in [0.25, 0.3) is 0 Å². The highest BCUT2D eigenvalue weighted by Gasteiger charge is 2.05. The fourth-order valence-electron chi connectivity index (χ4n) is 0.680. The third-order valence-corrected chi connectivity index (χ3v) is 1.80. The first-order chi connectivity index (χ1) is 5.22. The van der Waals surface area contributed by atoms with Crippen LogP contribution in [0.5, 0.6) is 0 Å². The van der Waals surface area contributed by atoms with E-state index in [4.69, 9.17) is 10.7 Å². The van der Waals surface area contributed by atoms with E-state index in [0.29, 0.717) is 5.69 Å². The van der Waals surface area contributed by atoms with Gasteiger partial charge in [-0.3, -0.25) is 0 Å². The van der Waals surface area contributed by atoms with Crippen LogP contribution in [0.15, 0.2) is 30.3 Å². The average molecular weight is 171 g/mol. The molecule has 0 aromatic heterocycles. The van der Waals surface area contributed by atoms with Gasteiger partial charge in [0.2, 0.25) is 0 Å². The smallest absolute Gasteiger partial charge is 0.303 e. The molecule has 0 bridgehead atoms. The summed E-state index contributed by atoms with van der Waals surface area (Å²) in [6.07, 6.45) is 0. The summed E-state index contributed by atoms with van der Waals surface area (Å²) in [5.74, 6) is 5.24. The molecule has 0 fully saturated rings. The van der Waals surface area contributed by atoms with Gasteiger partial charge in [-0.25, -0.2) is 15.2 Å². The van der Waals surface area contributed by atoms with E-state index >= 15 is 0 Å². The number of hydrazine groups is 1. The Balaban J connectivity index is 2.85. The highest BCUT2D eigenvalue weighted by Crippen LogP contribution is 2.24. The highest BCUT2D eigenvalue weighted by molar-refractivity contribution is 7.39. The molecule has 0 aliphatic heterocycles. The van der Waals surface area contributed by atoms with Gasteiger partial charge >= 0.3 is 8.18 Å². The van der Waals surface area contributed by atoms with Crippen LogP contribution in [0.25, 0.3) is 0 Å². The second-order valence-corrected chi connectivity index (χ2v) is 2.87. The average Bonchev–Trinajstić information content (AvgIpc) is 2.05. The summed E-state index contributed by atoms with van der Waals surface area (Å²) in [5.41, 5.74) is 0.524. The number of para-hydroxylation sites is 1. The van der Waals surface area contributed by atoms with Gasteiger partial charge in [-0.05, 0) is 12.1 Å². The van der Waals surface area contributed by atoms with E-state index in [2.05, 4.69) is 0 Å². The minimum Gasteiger partial charge on any atom is -0.303 e. The Morgan fingerprint density at radius 2 is 1.91 bits per heavy atom. The number of nitrogens with zero attached hydrogens (tertiary/aromatic N) is 1. The topological polar surface area (TPSA) is 66.6 Å². The molecule has 5 heteroatoms. The number of rotatable bonds is 2. The number of hydrogen-bond donors (Lipinski definition) is 2. The Kier molecular flexibility index (Phi) is 2.54. The molecule has 0 spiro atoms. The van der Waals surface area contributed by atoms with Crippen LogP contribution in [-0.2, 0) is 4.57 Å². The summed E-state index contributed by atoms with van der Waals surface area (Å²) >= 11 is 0. The van der Waals surface area contributed by atoms with E-state index in [0.717, 1.165) is 4.78 Å². The minimum atomic E-state index is -2.48. The lowest BCUT2D eigenvalue weighted by molar-refractivity contribution is 0.499. The van der Waals surface area contributed by atoms with Gasteiger partial charge in [0.1, 0.15) is 0 Å². The largest absolute Gasteiger partial charge is 0.339 e. The molecule has 0 saturated heterocycles. The SMILES string of the molecule is NN(c1ccccc1)[P](=O)O. The Morgan fingerprint density at radius 3 is 2.36 bits per heavy atom. The summed E-state index contributed by atoms with van der Waals surface area (Å²) in [6, 6.07) is 8.61. The van der Waals surface area contributed by atoms with Crippen molar-refractivity contribution in [1.29, 1.82) is 0 Å². The third kappa shape index (κ3) is 1.98. The maximum absolute atomic E-state index is 10.4. The van der Waals surface area contributed by atoms with Crippen molar-refractivity contribution in [3.63, 3.8) is 0 Å². The highest BCUT2D eigenvalue weighted by atomic mass is 31.1. The number of hydrogen-bond acceptors (Lipinski definition) is 2. The molecular weight excluding hydrogens is 163 g/mol. The van der Waals surface area contributed by atoms with Crippen molar-refractivity contribution in [3.8, 4) is 0 Å². The zero-order chi connectivity index (χ0) is 8.27. The van der Waals surface area contributed by atoms with Gasteiger partial charge < -0.3 is 4.89 Å². The lowest BCUT2D eigenvalue weighted by atomic mass is 10.3. The molecule has 1 aromatic carbocycles. The van der Waals surface area contributed by atoms with Crippen molar-refractivity contribution in [3.05, 3.63) is 30.3 Å². The Labute approximate surface area is 65.1 Å². The second-order valence-electron chi connectivity index (χ2n) is 1.93. The van der Waals surface area contributed by atoms with Gasteiger partial charge in [0.15, 0.2) is 0 Å². The summed E-state index contributed by atoms with van der Waals surface area (Å²) in [6.45, 7) is 0. The lowest BCUT2D eigenvalue weighted by Gasteiger charge is -2.11. The van der Waals surface area contributed by atoms with Crippen molar-refractivity contribution < 1.29 is 9.46 Å².